The summed E-state index contributed by atoms with van der Waals surface area (Å²) < 4.78 is 0. The van der Waals surface area contributed by atoms with Crippen LogP contribution in [0.15, 0.2) is 18.2 Å². The van der Waals surface area contributed by atoms with E-state index in [9.17, 15) is 14.7 Å². The molecule has 2 N–H and O–H groups in total. The first-order chi connectivity index (χ1) is 8.49. The minimum Gasteiger partial charge on any atom is -0.479 e. The van der Waals surface area contributed by atoms with E-state index in [2.05, 4.69) is 0 Å². The fourth-order valence-electron chi connectivity index (χ4n) is 2.11. The second-order valence-electron chi connectivity index (χ2n) is 4.49. The largest absolute Gasteiger partial charge is 0.479 e. The number of nitrogens with zero attached hydrogens (tertiary/aromatic N) is 1. The number of hydrogen-bond donors (Lipinski definition) is 2. The predicted molar refractivity (Wildman–Crippen MR) is 65.5 cm³/mol. The first-order valence-corrected chi connectivity index (χ1v) is 5.78. The van der Waals surface area contributed by atoms with E-state index in [4.69, 9.17) is 5.11 Å². The second-order valence-corrected chi connectivity index (χ2v) is 4.49. The summed E-state index contributed by atoms with van der Waals surface area (Å²) in [5.41, 5.74) is 2.81. The number of anilines is 1. The third-order valence-electron chi connectivity index (χ3n) is 3.21. The molecule has 0 aliphatic carbocycles. The molecule has 5 nitrogen and oxygen atoms in total. The number of amides is 1. The molecule has 5 heteroatoms. The molecule has 1 aliphatic rings. The highest BCUT2D eigenvalue weighted by Crippen LogP contribution is 2.28. The highest BCUT2D eigenvalue weighted by atomic mass is 16.4. The zero-order valence-electron chi connectivity index (χ0n) is 10.1. The van der Waals surface area contributed by atoms with Crippen LogP contribution in [0.1, 0.15) is 17.5 Å². The van der Waals surface area contributed by atoms with Crippen molar-refractivity contribution >= 4 is 17.6 Å². The highest BCUT2D eigenvalue weighted by molar-refractivity contribution is 6.00. The third-order valence-corrected chi connectivity index (χ3v) is 3.21. The number of aliphatic hydroxyl groups is 1. The second kappa shape index (κ2) is 4.78. The predicted octanol–water partition coefficient (Wildman–Crippen LogP) is 0.584. The van der Waals surface area contributed by atoms with Gasteiger partial charge in [0.15, 0.2) is 6.10 Å². The number of likely N-dealkylation sites (N-methyl/N-ethyl adjacent to an activating group) is 1. The van der Waals surface area contributed by atoms with E-state index >= 15 is 0 Å². The Labute approximate surface area is 105 Å². The molecule has 0 saturated heterocycles. The Morgan fingerprint density at radius 1 is 1.50 bits per heavy atom. The van der Waals surface area contributed by atoms with Crippen LogP contribution in [-0.2, 0) is 22.4 Å². The summed E-state index contributed by atoms with van der Waals surface area (Å²) in [7, 11) is 1.74. The molecule has 1 aromatic carbocycles. The van der Waals surface area contributed by atoms with Crippen LogP contribution in [0.25, 0.3) is 0 Å². The van der Waals surface area contributed by atoms with E-state index < -0.39 is 12.1 Å². The van der Waals surface area contributed by atoms with Gasteiger partial charge in [-0.2, -0.15) is 0 Å². The van der Waals surface area contributed by atoms with Gasteiger partial charge in [-0.25, -0.2) is 4.79 Å². The van der Waals surface area contributed by atoms with E-state index in [0.29, 0.717) is 12.8 Å². The van der Waals surface area contributed by atoms with Gasteiger partial charge < -0.3 is 15.1 Å². The number of aryl methyl sites for hydroxylation is 1. The van der Waals surface area contributed by atoms with Gasteiger partial charge in [0.2, 0.25) is 5.91 Å². The minimum absolute atomic E-state index is 0.0627. The number of benzene rings is 1. The van der Waals surface area contributed by atoms with Crippen molar-refractivity contribution in [2.45, 2.75) is 25.4 Å². The van der Waals surface area contributed by atoms with Crippen molar-refractivity contribution in [2.24, 2.45) is 0 Å². The fourth-order valence-corrected chi connectivity index (χ4v) is 2.11. The molecular formula is C13H15NO4. The summed E-state index contributed by atoms with van der Waals surface area (Å²) in [5.74, 6) is -1.14. The average Bonchev–Trinajstić information content (AvgIpc) is 2.61. The van der Waals surface area contributed by atoms with Gasteiger partial charge in [0, 0.05) is 12.7 Å². The van der Waals surface area contributed by atoms with Gasteiger partial charge in [-0.3, -0.25) is 4.79 Å². The van der Waals surface area contributed by atoms with E-state index in [1.807, 2.05) is 18.2 Å². The summed E-state index contributed by atoms with van der Waals surface area (Å²) in [6, 6.07) is 5.64. The van der Waals surface area contributed by atoms with Crippen molar-refractivity contribution in [2.75, 3.05) is 11.9 Å². The van der Waals surface area contributed by atoms with Crippen molar-refractivity contribution in [3.8, 4) is 0 Å². The quantitative estimate of drug-likeness (QED) is 0.818. The molecule has 1 amide bonds. The Morgan fingerprint density at radius 3 is 2.89 bits per heavy atom. The van der Waals surface area contributed by atoms with Crippen LogP contribution in [0.3, 0.4) is 0 Å². The van der Waals surface area contributed by atoms with Gasteiger partial charge in [0.25, 0.3) is 0 Å². The molecule has 1 unspecified atom stereocenters. The Bertz CT molecular complexity index is 498. The lowest BCUT2D eigenvalue weighted by Gasteiger charge is -2.11. The first kappa shape index (κ1) is 12.6. The van der Waals surface area contributed by atoms with Crippen LogP contribution in [0, 0.1) is 0 Å². The van der Waals surface area contributed by atoms with Gasteiger partial charge in [-0.15, -0.1) is 0 Å². The van der Waals surface area contributed by atoms with Crippen LogP contribution >= 0.6 is 0 Å². The Hall–Kier alpha value is -1.88. The van der Waals surface area contributed by atoms with Gasteiger partial charge in [-0.05, 0) is 30.0 Å². The lowest BCUT2D eigenvalue weighted by atomic mass is 10.0. The molecule has 0 saturated carbocycles. The SMILES string of the molecule is CN1C(=O)Cc2cc(CCC(O)C(=O)O)ccc21. The van der Waals surface area contributed by atoms with Crippen molar-refractivity contribution in [1.29, 1.82) is 0 Å². The number of aliphatic carboxylic acids is 1. The summed E-state index contributed by atoms with van der Waals surface area (Å²) in [5, 5.41) is 17.8. The average molecular weight is 249 g/mol. The topological polar surface area (TPSA) is 77.8 Å². The lowest BCUT2D eigenvalue weighted by Crippen LogP contribution is -2.20. The summed E-state index contributed by atoms with van der Waals surface area (Å²) in [6.45, 7) is 0. The molecule has 96 valence electrons. The van der Waals surface area contributed by atoms with Crippen LogP contribution in [0.5, 0.6) is 0 Å². The number of carboxylic acids is 1. The molecule has 18 heavy (non-hydrogen) atoms. The zero-order valence-corrected chi connectivity index (χ0v) is 10.1. The summed E-state index contributed by atoms with van der Waals surface area (Å²) in [4.78, 5) is 23.6. The number of hydrogen-bond acceptors (Lipinski definition) is 3. The molecule has 0 aromatic heterocycles. The number of carbonyl (C=O) groups excluding carboxylic acids is 1. The molecule has 1 heterocycles. The van der Waals surface area contributed by atoms with Crippen molar-refractivity contribution < 1.29 is 19.8 Å². The smallest absolute Gasteiger partial charge is 0.332 e. The third kappa shape index (κ3) is 2.36. The van der Waals surface area contributed by atoms with Gasteiger partial charge >= 0.3 is 5.97 Å². The van der Waals surface area contributed by atoms with Crippen molar-refractivity contribution in [1.82, 2.24) is 0 Å². The van der Waals surface area contributed by atoms with E-state index in [0.717, 1.165) is 16.8 Å². The molecule has 1 atom stereocenters. The number of carboxylic acid groups (broad SMARTS) is 1. The molecule has 1 aliphatic heterocycles. The summed E-state index contributed by atoms with van der Waals surface area (Å²) in [6.07, 6.45) is -0.278. The molecule has 0 spiro atoms. The van der Waals surface area contributed by atoms with E-state index in [-0.39, 0.29) is 12.3 Å². The normalized spacial score (nSPS) is 15.7. The molecule has 2 rings (SSSR count). The zero-order chi connectivity index (χ0) is 13.3. The van der Waals surface area contributed by atoms with Crippen molar-refractivity contribution in [3.05, 3.63) is 29.3 Å². The number of fused-ring (bicyclic) bond motifs is 1. The minimum atomic E-state index is -1.33. The first-order valence-electron chi connectivity index (χ1n) is 5.78. The molecule has 1 aromatic rings. The van der Waals surface area contributed by atoms with Crippen LogP contribution < -0.4 is 4.90 Å². The summed E-state index contributed by atoms with van der Waals surface area (Å²) >= 11 is 0. The molecular weight excluding hydrogens is 234 g/mol. The van der Waals surface area contributed by atoms with Gasteiger partial charge in [0.05, 0.1) is 6.42 Å². The molecule has 0 fully saturated rings. The van der Waals surface area contributed by atoms with Gasteiger partial charge in [0.1, 0.15) is 0 Å². The Morgan fingerprint density at radius 2 is 2.22 bits per heavy atom. The monoisotopic (exact) mass is 249 g/mol. The Balaban J connectivity index is 2.07. The highest BCUT2D eigenvalue weighted by Gasteiger charge is 2.23. The molecule has 0 radical (unpaired) electrons. The lowest BCUT2D eigenvalue weighted by molar-refractivity contribution is -0.146. The maximum absolute atomic E-state index is 11.5. The molecule has 0 bridgehead atoms. The number of carbonyl (C=O) groups is 2. The Kier molecular flexibility index (Phi) is 3.34. The van der Waals surface area contributed by atoms with E-state index in [1.165, 1.54) is 0 Å². The maximum atomic E-state index is 11.5. The van der Waals surface area contributed by atoms with Crippen LogP contribution in [-0.4, -0.2) is 35.2 Å². The number of rotatable bonds is 4. The van der Waals surface area contributed by atoms with Crippen LogP contribution in [0.4, 0.5) is 5.69 Å². The maximum Gasteiger partial charge on any atom is 0.332 e. The van der Waals surface area contributed by atoms with Gasteiger partial charge in [-0.1, -0.05) is 12.1 Å². The number of aliphatic hydroxyl groups excluding tert-OH is 1. The fraction of sp³-hybridized carbons (Fsp3) is 0.385. The van der Waals surface area contributed by atoms with Crippen molar-refractivity contribution in [3.63, 3.8) is 0 Å². The van der Waals surface area contributed by atoms with Crippen LogP contribution in [0.2, 0.25) is 0 Å². The standard InChI is InChI=1S/C13H15NO4/c1-14-10-4-2-8(3-5-11(15)13(17)18)6-9(10)7-12(14)16/h2,4,6,11,15H,3,5,7H2,1H3,(H,17,18). The van der Waals surface area contributed by atoms with E-state index in [1.54, 1.807) is 11.9 Å².